The summed E-state index contributed by atoms with van der Waals surface area (Å²) in [5, 5.41) is 19.1. The number of carboxylic acid groups (broad SMARTS) is 1. The molecule has 0 radical (unpaired) electrons. The number of aliphatic carboxylic acids is 1. The van der Waals surface area contributed by atoms with Crippen LogP contribution in [0, 0.1) is 0 Å². The maximum absolute atomic E-state index is 9.90. The van der Waals surface area contributed by atoms with Crippen LogP contribution in [0.25, 0.3) is 0 Å². The lowest BCUT2D eigenvalue weighted by atomic mass is 10.2. The summed E-state index contributed by atoms with van der Waals surface area (Å²) in [6, 6.07) is 21.1. The van der Waals surface area contributed by atoms with E-state index >= 15 is 0 Å². The molecule has 0 saturated heterocycles. The first-order valence-electron chi connectivity index (χ1n) is 9.36. The monoisotopic (exact) mass is 406 g/mol. The van der Waals surface area contributed by atoms with E-state index in [1.54, 1.807) is 0 Å². The summed E-state index contributed by atoms with van der Waals surface area (Å²) < 4.78 is 0. The highest BCUT2D eigenvalue weighted by atomic mass is 35.6. The molecule has 5 heteroatoms. The van der Waals surface area contributed by atoms with Crippen LogP contribution in [0.15, 0.2) is 60.7 Å². The maximum Gasteiger partial charge on any atom is 0.303 e. The minimum Gasteiger partial charge on any atom is -0.481 e. The third-order valence-electron chi connectivity index (χ3n) is 4.43. The molecule has 0 spiro atoms. The Morgan fingerprint density at radius 1 is 0.889 bits per heavy atom. The van der Waals surface area contributed by atoms with Crippen molar-refractivity contribution >= 4 is 34.8 Å². The van der Waals surface area contributed by atoms with Crippen molar-refractivity contribution in [3.8, 4) is 0 Å². The number of benzene rings is 2. The molecule has 2 aromatic rings. The van der Waals surface area contributed by atoms with Crippen LogP contribution >= 0.6 is 11.1 Å². The molecule has 0 aliphatic rings. The average molecular weight is 407 g/mol. The zero-order chi connectivity index (χ0) is 20.3. The van der Waals surface area contributed by atoms with E-state index in [0.29, 0.717) is 12.8 Å². The van der Waals surface area contributed by atoms with Crippen molar-refractivity contribution in [2.75, 3.05) is 6.61 Å². The summed E-state index contributed by atoms with van der Waals surface area (Å²) in [5.74, 6) is -0.757. The Labute approximate surface area is 168 Å². The smallest absolute Gasteiger partial charge is 0.303 e. The number of carboxylic acids is 1. The summed E-state index contributed by atoms with van der Waals surface area (Å²) in [4.78, 5) is 9.90. The van der Waals surface area contributed by atoms with Crippen molar-refractivity contribution in [2.24, 2.45) is 0 Å². The molecule has 0 aliphatic carbocycles. The van der Waals surface area contributed by atoms with Crippen LogP contribution in [0.1, 0.15) is 46.5 Å². The van der Waals surface area contributed by atoms with Crippen LogP contribution in [-0.2, 0) is 4.79 Å². The number of unbranched alkanes of at least 4 members (excludes halogenated alkanes) is 2. The molecular formula is C22H31ClO3Si. The Balaban J connectivity index is 0.000000345. The second-order valence-corrected chi connectivity index (χ2v) is 13.2. The van der Waals surface area contributed by atoms with Gasteiger partial charge in [-0.25, -0.2) is 0 Å². The summed E-state index contributed by atoms with van der Waals surface area (Å²) in [6.07, 6.45) is 2.42. The molecule has 0 aliphatic heterocycles. The van der Waals surface area contributed by atoms with Gasteiger partial charge in [-0.15, -0.1) is 0 Å². The summed E-state index contributed by atoms with van der Waals surface area (Å²) in [6.45, 7) is 6.89. The number of aliphatic hydroxyl groups excluding tert-OH is 1. The minimum absolute atomic E-state index is 0.0667. The van der Waals surface area contributed by atoms with Gasteiger partial charge in [-0.1, -0.05) is 87.9 Å². The third-order valence-corrected chi connectivity index (χ3v) is 11.8. The van der Waals surface area contributed by atoms with E-state index in [1.165, 1.54) is 10.4 Å². The molecule has 0 heterocycles. The van der Waals surface area contributed by atoms with Gasteiger partial charge in [0.05, 0.1) is 0 Å². The van der Waals surface area contributed by atoms with E-state index in [4.69, 9.17) is 21.3 Å². The van der Waals surface area contributed by atoms with E-state index in [9.17, 15) is 4.79 Å². The van der Waals surface area contributed by atoms with E-state index in [1.807, 2.05) is 12.1 Å². The first kappa shape index (κ1) is 23.4. The second kappa shape index (κ2) is 11.3. The first-order valence-corrected chi connectivity index (χ1v) is 12.4. The van der Waals surface area contributed by atoms with Gasteiger partial charge in [0.15, 0.2) is 0 Å². The Kier molecular flexibility index (Phi) is 9.78. The Morgan fingerprint density at radius 2 is 1.33 bits per heavy atom. The highest BCUT2D eigenvalue weighted by molar-refractivity contribution is 7.35. The number of rotatable bonds is 7. The molecule has 27 heavy (non-hydrogen) atoms. The van der Waals surface area contributed by atoms with Crippen LogP contribution in [0.5, 0.6) is 0 Å². The zero-order valence-corrected chi connectivity index (χ0v) is 18.2. The molecule has 0 amide bonds. The normalized spacial score (nSPS) is 11.4. The summed E-state index contributed by atoms with van der Waals surface area (Å²) >= 11 is 7.21. The van der Waals surface area contributed by atoms with Crippen LogP contribution in [0.2, 0.25) is 5.04 Å². The second-order valence-electron chi connectivity index (χ2n) is 7.57. The predicted molar refractivity (Wildman–Crippen MR) is 117 cm³/mol. The lowest BCUT2D eigenvalue weighted by Crippen LogP contribution is -2.59. The van der Waals surface area contributed by atoms with Crippen molar-refractivity contribution < 1.29 is 15.0 Å². The highest BCUT2D eigenvalue weighted by Crippen LogP contribution is 2.38. The zero-order valence-electron chi connectivity index (χ0n) is 16.5. The standard InChI is InChI=1S/C16H19ClSi.C6H12O3/c1-16(2,3)18(17,14-10-6-4-7-11-14)15-12-8-5-9-13-15;7-5-3-1-2-4-6(8)9/h4-13H,1-3H3;7H,1-5H2,(H,8,9). The molecule has 2 rings (SSSR count). The number of carbonyl (C=O) groups is 1. The Hall–Kier alpha value is -1.62. The molecule has 2 N–H and O–H groups in total. The quantitative estimate of drug-likeness (QED) is 0.406. The van der Waals surface area contributed by atoms with Crippen LogP contribution < -0.4 is 10.4 Å². The van der Waals surface area contributed by atoms with E-state index < -0.39 is 13.4 Å². The molecule has 0 fully saturated rings. The fourth-order valence-electron chi connectivity index (χ4n) is 2.93. The fourth-order valence-corrected chi connectivity index (χ4v) is 7.06. The number of hydrogen-bond donors (Lipinski definition) is 2. The van der Waals surface area contributed by atoms with Gasteiger partial charge in [0.1, 0.15) is 0 Å². The van der Waals surface area contributed by atoms with Crippen LogP contribution in [0.3, 0.4) is 0 Å². The van der Waals surface area contributed by atoms with Gasteiger partial charge in [-0.2, -0.15) is 11.1 Å². The third kappa shape index (κ3) is 7.13. The van der Waals surface area contributed by atoms with E-state index in [0.717, 1.165) is 6.42 Å². The Morgan fingerprint density at radius 3 is 1.67 bits per heavy atom. The van der Waals surface area contributed by atoms with Crippen LogP contribution in [-0.4, -0.2) is 30.2 Å². The number of hydrogen-bond acceptors (Lipinski definition) is 2. The number of halogens is 1. The van der Waals surface area contributed by atoms with Gasteiger partial charge in [0.2, 0.25) is 7.38 Å². The molecule has 0 unspecified atom stereocenters. The lowest BCUT2D eigenvalue weighted by Gasteiger charge is -2.38. The van der Waals surface area contributed by atoms with Crippen molar-refractivity contribution in [3.05, 3.63) is 60.7 Å². The lowest BCUT2D eigenvalue weighted by molar-refractivity contribution is -0.137. The first-order chi connectivity index (χ1) is 12.7. The van der Waals surface area contributed by atoms with Gasteiger partial charge < -0.3 is 10.2 Å². The van der Waals surface area contributed by atoms with Crippen LogP contribution in [0.4, 0.5) is 0 Å². The SMILES string of the molecule is CC(C)(C)[Si](Cl)(c1ccccc1)c1ccccc1.O=C(O)CCCCCO. The molecule has 0 atom stereocenters. The summed E-state index contributed by atoms with van der Waals surface area (Å²) in [7, 11) is -2.23. The van der Waals surface area contributed by atoms with Gasteiger partial charge in [0, 0.05) is 13.0 Å². The molecular weight excluding hydrogens is 376 g/mol. The van der Waals surface area contributed by atoms with E-state index in [-0.39, 0.29) is 18.1 Å². The largest absolute Gasteiger partial charge is 0.481 e. The molecule has 3 nitrogen and oxygen atoms in total. The average Bonchev–Trinajstić information content (AvgIpc) is 2.65. The van der Waals surface area contributed by atoms with Crippen molar-refractivity contribution in [2.45, 2.75) is 51.5 Å². The molecule has 148 valence electrons. The van der Waals surface area contributed by atoms with Gasteiger partial charge in [-0.3, -0.25) is 4.79 Å². The molecule has 2 aromatic carbocycles. The molecule has 0 saturated carbocycles. The fraction of sp³-hybridized carbons (Fsp3) is 0.409. The minimum atomic E-state index is -2.23. The Bertz CT molecular complexity index is 629. The highest BCUT2D eigenvalue weighted by Gasteiger charge is 2.46. The molecule has 0 aromatic heterocycles. The van der Waals surface area contributed by atoms with Gasteiger partial charge >= 0.3 is 5.97 Å². The van der Waals surface area contributed by atoms with E-state index in [2.05, 4.69) is 69.3 Å². The van der Waals surface area contributed by atoms with Crippen molar-refractivity contribution in [1.29, 1.82) is 0 Å². The molecule has 0 bridgehead atoms. The predicted octanol–water partition coefficient (Wildman–Crippen LogP) is 4.41. The van der Waals surface area contributed by atoms with Gasteiger partial charge in [0.25, 0.3) is 0 Å². The van der Waals surface area contributed by atoms with Crippen molar-refractivity contribution in [3.63, 3.8) is 0 Å². The topological polar surface area (TPSA) is 57.5 Å². The maximum atomic E-state index is 9.90. The number of aliphatic hydroxyl groups is 1. The van der Waals surface area contributed by atoms with Crippen molar-refractivity contribution in [1.82, 2.24) is 0 Å². The summed E-state index contributed by atoms with van der Waals surface area (Å²) in [5.41, 5.74) is 0. The van der Waals surface area contributed by atoms with Gasteiger partial charge in [-0.05, 0) is 28.3 Å².